The molecule has 0 saturated carbocycles. The van der Waals surface area contributed by atoms with Crippen LogP contribution in [0.2, 0.25) is 15.1 Å². The van der Waals surface area contributed by atoms with Crippen LogP contribution in [0.3, 0.4) is 0 Å². The molecule has 1 saturated heterocycles. The largest absolute Gasteiger partial charge is 0.394 e. The van der Waals surface area contributed by atoms with E-state index in [0.29, 0.717) is 0 Å². The summed E-state index contributed by atoms with van der Waals surface area (Å²) in [5, 5.41) is 9.27. The summed E-state index contributed by atoms with van der Waals surface area (Å²) in [7, 11) is -3.86. The number of sulfonamides is 1. The van der Waals surface area contributed by atoms with Crippen LogP contribution in [0.4, 0.5) is 0 Å². The molecule has 0 radical (unpaired) electrons. The van der Waals surface area contributed by atoms with Crippen LogP contribution in [-0.2, 0) is 14.8 Å². The van der Waals surface area contributed by atoms with E-state index in [9.17, 15) is 8.42 Å². The number of halogens is 3. The number of benzene rings is 1. The fraction of sp³-hybridized carbons (Fsp3) is 0.455. The molecule has 9 heteroatoms. The Morgan fingerprint density at radius 1 is 1.30 bits per heavy atom. The fourth-order valence-electron chi connectivity index (χ4n) is 1.93. The maximum atomic E-state index is 12.6. The van der Waals surface area contributed by atoms with E-state index in [1.807, 2.05) is 0 Å². The molecule has 0 amide bonds. The number of nitrogens with zero attached hydrogens (tertiary/aromatic N) is 1. The van der Waals surface area contributed by atoms with Gasteiger partial charge in [0.15, 0.2) is 0 Å². The lowest BCUT2D eigenvalue weighted by atomic mass is 10.3. The van der Waals surface area contributed by atoms with Gasteiger partial charge < -0.3 is 9.84 Å². The number of ether oxygens (including phenoxy) is 1. The van der Waals surface area contributed by atoms with Crippen molar-refractivity contribution in [2.24, 2.45) is 0 Å². The first-order valence-corrected chi connectivity index (χ1v) is 8.31. The predicted octanol–water partition coefficient (Wildman–Crippen LogP) is 2.03. The zero-order valence-electron chi connectivity index (χ0n) is 10.2. The molecule has 1 atom stereocenters. The van der Waals surface area contributed by atoms with Gasteiger partial charge in [-0.3, -0.25) is 0 Å². The van der Waals surface area contributed by atoms with E-state index in [4.69, 9.17) is 44.6 Å². The molecule has 0 spiro atoms. The number of aliphatic hydroxyl groups is 1. The van der Waals surface area contributed by atoms with Gasteiger partial charge in [0.2, 0.25) is 10.0 Å². The van der Waals surface area contributed by atoms with Gasteiger partial charge in [-0.1, -0.05) is 34.8 Å². The van der Waals surface area contributed by atoms with Crippen molar-refractivity contribution in [2.75, 3.05) is 26.3 Å². The molecule has 0 aromatic heterocycles. The molecule has 1 aliphatic heterocycles. The molecule has 20 heavy (non-hydrogen) atoms. The lowest BCUT2D eigenvalue weighted by Crippen LogP contribution is -2.46. The SMILES string of the molecule is O=S(=O)(c1c(Cl)cc(Cl)cc1Cl)N1CCOC(CO)C1. The summed E-state index contributed by atoms with van der Waals surface area (Å²) in [6.45, 7) is 0.170. The summed E-state index contributed by atoms with van der Waals surface area (Å²) in [5.74, 6) is 0. The van der Waals surface area contributed by atoms with Crippen LogP contribution in [0.1, 0.15) is 0 Å². The average Bonchev–Trinajstić information content (AvgIpc) is 2.37. The zero-order chi connectivity index (χ0) is 14.9. The highest BCUT2D eigenvalue weighted by Crippen LogP contribution is 2.35. The molecule has 1 aliphatic rings. The van der Waals surface area contributed by atoms with Crippen LogP contribution in [0.25, 0.3) is 0 Å². The van der Waals surface area contributed by atoms with E-state index >= 15 is 0 Å². The molecular formula is C11H12Cl3NO4S. The topological polar surface area (TPSA) is 66.8 Å². The quantitative estimate of drug-likeness (QED) is 0.895. The Hall–Kier alpha value is -0.0800. The molecule has 112 valence electrons. The second kappa shape index (κ2) is 6.36. The first-order valence-electron chi connectivity index (χ1n) is 5.73. The van der Waals surface area contributed by atoms with Gasteiger partial charge in [0, 0.05) is 18.1 Å². The Morgan fingerprint density at radius 3 is 2.45 bits per heavy atom. The average molecular weight is 361 g/mol. The van der Waals surface area contributed by atoms with Crippen molar-refractivity contribution in [3.63, 3.8) is 0 Å². The molecular weight excluding hydrogens is 349 g/mol. The third kappa shape index (κ3) is 3.22. The first-order chi connectivity index (χ1) is 9.36. The number of hydrogen-bond donors (Lipinski definition) is 1. The summed E-state index contributed by atoms with van der Waals surface area (Å²) >= 11 is 17.7. The fourth-order valence-corrected chi connectivity index (χ4v) is 4.87. The molecule has 1 heterocycles. The van der Waals surface area contributed by atoms with Crippen LogP contribution >= 0.6 is 34.8 Å². The van der Waals surface area contributed by atoms with Crippen molar-refractivity contribution < 1.29 is 18.3 Å². The van der Waals surface area contributed by atoms with Crippen molar-refractivity contribution in [3.05, 3.63) is 27.2 Å². The van der Waals surface area contributed by atoms with Crippen LogP contribution in [0.15, 0.2) is 17.0 Å². The normalized spacial score (nSPS) is 21.1. The number of aliphatic hydroxyl groups excluding tert-OH is 1. The van der Waals surface area contributed by atoms with Gasteiger partial charge in [-0.2, -0.15) is 4.31 Å². The van der Waals surface area contributed by atoms with Crippen molar-refractivity contribution in [1.29, 1.82) is 0 Å². The lowest BCUT2D eigenvalue weighted by Gasteiger charge is -2.31. The van der Waals surface area contributed by atoms with E-state index in [2.05, 4.69) is 0 Å². The van der Waals surface area contributed by atoms with Gasteiger partial charge in [-0.05, 0) is 12.1 Å². The highest BCUT2D eigenvalue weighted by atomic mass is 35.5. The summed E-state index contributed by atoms with van der Waals surface area (Å²) in [4.78, 5) is -0.177. The molecule has 1 fully saturated rings. The summed E-state index contributed by atoms with van der Waals surface area (Å²) < 4.78 is 31.6. The van der Waals surface area contributed by atoms with Gasteiger partial charge in [0.1, 0.15) is 4.90 Å². The monoisotopic (exact) mass is 359 g/mol. The first kappa shape index (κ1) is 16.3. The van der Waals surface area contributed by atoms with Crippen molar-refractivity contribution in [2.45, 2.75) is 11.0 Å². The molecule has 1 aromatic rings. The number of hydrogen-bond acceptors (Lipinski definition) is 4. The molecule has 5 nitrogen and oxygen atoms in total. The second-order valence-corrected chi connectivity index (χ2v) is 7.36. The van der Waals surface area contributed by atoms with Crippen molar-refractivity contribution >= 4 is 44.8 Å². The Kier molecular flexibility index (Phi) is 5.18. The predicted molar refractivity (Wildman–Crippen MR) is 77.1 cm³/mol. The maximum Gasteiger partial charge on any atom is 0.246 e. The highest BCUT2D eigenvalue weighted by molar-refractivity contribution is 7.89. The van der Waals surface area contributed by atoms with Gasteiger partial charge in [0.25, 0.3) is 0 Å². The Labute approximate surface area is 132 Å². The van der Waals surface area contributed by atoms with E-state index in [1.54, 1.807) is 0 Å². The molecule has 1 unspecified atom stereocenters. The molecule has 1 aromatic carbocycles. The molecule has 0 aliphatic carbocycles. The number of morpholine rings is 1. The van der Waals surface area contributed by atoms with Gasteiger partial charge >= 0.3 is 0 Å². The highest BCUT2D eigenvalue weighted by Gasteiger charge is 2.33. The standard InChI is InChI=1S/C11H12Cl3NO4S/c12-7-3-9(13)11(10(14)4-7)20(17,18)15-1-2-19-8(5-15)6-16/h3-4,8,16H,1-2,5-6H2. The van der Waals surface area contributed by atoms with E-state index in [1.165, 1.54) is 16.4 Å². The molecule has 0 bridgehead atoms. The zero-order valence-corrected chi connectivity index (χ0v) is 13.3. The summed E-state index contributed by atoms with van der Waals surface area (Å²) in [6, 6.07) is 2.65. The smallest absolute Gasteiger partial charge is 0.246 e. The Morgan fingerprint density at radius 2 is 1.90 bits per heavy atom. The summed E-state index contributed by atoms with van der Waals surface area (Å²) in [6.07, 6.45) is -0.552. The third-order valence-electron chi connectivity index (χ3n) is 2.87. The van der Waals surface area contributed by atoms with Crippen LogP contribution in [-0.4, -0.2) is 50.2 Å². The van der Waals surface area contributed by atoms with Gasteiger partial charge in [-0.15, -0.1) is 0 Å². The van der Waals surface area contributed by atoms with Crippen molar-refractivity contribution in [3.8, 4) is 0 Å². The second-order valence-electron chi connectivity index (χ2n) is 4.24. The summed E-state index contributed by atoms with van der Waals surface area (Å²) in [5.41, 5.74) is 0. The molecule has 1 N–H and O–H groups in total. The van der Waals surface area contributed by atoms with Crippen LogP contribution in [0.5, 0.6) is 0 Å². The van der Waals surface area contributed by atoms with Gasteiger partial charge in [-0.25, -0.2) is 8.42 Å². The Balaban J connectivity index is 2.40. The maximum absolute atomic E-state index is 12.6. The van der Waals surface area contributed by atoms with E-state index in [0.717, 1.165) is 0 Å². The third-order valence-corrected chi connectivity index (χ3v) is 5.87. The van der Waals surface area contributed by atoms with Crippen molar-refractivity contribution in [1.82, 2.24) is 4.31 Å². The van der Waals surface area contributed by atoms with Crippen LogP contribution in [0, 0.1) is 0 Å². The lowest BCUT2D eigenvalue weighted by molar-refractivity contribution is -0.0304. The van der Waals surface area contributed by atoms with E-state index in [-0.39, 0.29) is 46.3 Å². The Bertz CT molecular complexity index is 585. The number of rotatable bonds is 3. The van der Waals surface area contributed by atoms with Crippen LogP contribution < -0.4 is 0 Å². The van der Waals surface area contributed by atoms with E-state index < -0.39 is 16.1 Å². The molecule has 2 rings (SSSR count). The minimum Gasteiger partial charge on any atom is -0.394 e. The minimum atomic E-state index is -3.86. The minimum absolute atomic E-state index is 0.0328. The van der Waals surface area contributed by atoms with Gasteiger partial charge in [0.05, 0.1) is 29.4 Å².